The summed E-state index contributed by atoms with van der Waals surface area (Å²) in [6, 6.07) is 6.27. The number of aromatic nitrogens is 2. The maximum atomic E-state index is 10.9. The fourth-order valence-corrected chi connectivity index (χ4v) is 2.34. The van der Waals surface area contributed by atoms with Gasteiger partial charge in [0, 0.05) is 18.8 Å². The summed E-state index contributed by atoms with van der Waals surface area (Å²) < 4.78 is 0. The monoisotopic (exact) mass is 310 g/mol. The molecule has 8 heteroatoms. The van der Waals surface area contributed by atoms with Crippen LogP contribution in [0.3, 0.4) is 0 Å². The van der Waals surface area contributed by atoms with Gasteiger partial charge in [-0.2, -0.15) is 0 Å². The Morgan fingerprint density at radius 2 is 2.20 bits per heavy atom. The lowest BCUT2D eigenvalue weighted by molar-refractivity contribution is -0.385. The van der Waals surface area contributed by atoms with E-state index in [0.717, 1.165) is 0 Å². The van der Waals surface area contributed by atoms with Gasteiger partial charge in [0.15, 0.2) is 0 Å². The van der Waals surface area contributed by atoms with Crippen molar-refractivity contribution in [3.05, 3.63) is 45.6 Å². The zero-order valence-electron chi connectivity index (χ0n) is 10.5. The summed E-state index contributed by atoms with van der Waals surface area (Å²) in [5, 5.41) is 15.6. The van der Waals surface area contributed by atoms with Crippen molar-refractivity contribution in [1.29, 1.82) is 0 Å². The number of pyridine rings is 2. The summed E-state index contributed by atoms with van der Waals surface area (Å²) in [6.45, 7) is 2.53. The molecule has 0 aliphatic carbocycles. The fraction of sp³-hybridized carbons (Fsp3) is 0.167. The van der Waals surface area contributed by atoms with Crippen LogP contribution in [-0.4, -0.2) is 21.4 Å². The average molecular weight is 311 g/mol. The first-order chi connectivity index (χ1) is 9.58. The predicted octanol–water partition coefficient (Wildman–Crippen LogP) is 3.62. The summed E-state index contributed by atoms with van der Waals surface area (Å²) in [4.78, 5) is 18.9. The van der Waals surface area contributed by atoms with E-state index >= 15 is 0 Å². The Kier molecular flexibility index (Phi) is 4.75. The van der Waals surface area contributed by atoms with Crippen molar-refractivity contribution in [3.63, 3.8) is 0 Å². The Hall–Kier alpha value is -1.86. The smallest absolute Gasteiger partial charge is 0.275 e. The van der Waals surface area contributed by atoms with E-state index in [4.69, 9.17) is 11.6 Å². The van der Waals surface area contributed by atoms with E-state index in [0.29, 0.717) is 27.4 Å². The summed E-state index contributed by atoms with van der Waals surface area (Å²) >= 11 is 7.00. The first kappa shape index (κ1) is 14.5. The van der Waals surface area contributed by atoms with Crippen molar-refractivity contribution in [2.45, 2.75) is 17.0 Å². The van der Waals surface area contributed by atoms with Gasteiger partial charge in [0.25, 0.3) is 5.69 Å². The van der Waals surface area contributed by atoms with E-state index in [1.165, 1.54) is 30.1 Å². The minimum absolute atomic E-state index is 0.00702. The van der Waals surface area contributed by atoms with E-state index < -0.39 is 4.92 Å². The van der Waals surface area contributed by atoms with Gasteiger partial charge in [0.2, 0.25) is 0 Å². The van der Waals surface area contributed by atoms with Crippen molar-refractivity contribution < 1.29 is 4.92 Å². The zero-order chi connectivity index (χ0) is 14.5. The zero-order valence-corrected chi connectivity index (χ0v) is 12.1. The van der Waals surface area contributed by atoms with Crippen molar-refractivity contribution in [2.24, 2.45) is 0 Å². The van der Waals surface area contributed by atoms with Crippen molar-refractivity contribution in [3.8, 4) is 0 Å². The maximum absolute atomic E-state index is 10.9. The molecule has 0 saturated carbocycles. The van der Waals surface area contributed by atoms with E-state index in [9.17, 15) is 10.1 Å². The minimum atomic E-state index is -0.443. The molecule has 2 aromatic rings. The lowest BCUT2D eigenvalue weighted by Crippen LogP contribution is -2.01. The summed E-state index contributed by atoms with van der Waals surface area (Å²) in [5.74, 6) is 0.471. The van der Waals surface area contributed by atoms with Gasteiger partial charge < -0.3 is 5.32 Å². The quantitative estimate of drug-likeness (QED) is 0.671. The molecule has 0 radical (unpaired) electrons. The topological polar surface area (TPSA) is 81.0 Å². The third-order valence-electron chi connectivity index (χ3n) is 2.26. The molecule has 104 valence electrons. The molecule has 0 bridgehead atoms. The van der Waals surface area contributed by atoms with Gasteiger partial charge in [-0.25, -0.2) is 9.97 Å². The highest BCUT2D eigenvalue weighted by Gasteiger charge is 2.12. The largest absolute Gasteiger partial charge is 0.370 e. The maximum Gasteiger partial charge on any atom is 0.275 e. The third-order valence-corrected chi connectivity index (χ3v) is 3.36. The van der Waals surface area contributed by atoms with Crippen LogP contribution in [0.5, 0.6) is 0 Å². The first-order valence-corrected chi connectivity index (χ1v) is 6.97. The molecule has 2 rings (SSSR count). The van der Waals surface area contributed by atoms with Crippen LogP contribution >= 0.6 is 23.4 Å². The molecule has 0 saturated heterocycles. The normalized spacial score (nSPS) is 10.3. The first-order valence-electron chi connectivity index (χ1n) is 5.78. The second kappa shape index (κ2) is 6.53. The van der Waals surface area contributed by atoms with E-state index in [1.54, 1.807) is 12.1 Å². The molecule has 0 spiro atoms. The van der Waals surface area contributed by atoms with Crippen molar-refractivity contribution in [2.75, 3.05) is 11.9 Å². The summed E-state index contributed by atoms with van der Waals surface area (Å²) in [7, 11) is 0. The van der Waals surface area contributed by atoms with Crippen LogP contribution in [0.15, 0.2) is 40.5 Å². The molecule has 0 unspecified atom stereocenters. The highest BCUT2D eigenvalue weighted by molar-refractivity contribution is 7.99. The summed E-state index contributed by atoms with van der Waals surface area (Å²) in [5.41, 5.74) is -0.00702. The number of halogens is 1. The van der Waals surface area contributed by atoms with Gasteiger partial charge in [0.05, 0.1) is 16.0 Å². The average Bonchev–Trinajstić information content (AvgIpc) is 2.41. The molecule has 2 aromatic heterocycles. The number of hydrogen-bond acceptors (Lipinski definition) is 6. The van der Waals surface area contributed by atoms with Crippen LogP contribution < -0.4 is 5.32 Å². The Morgan fingerprint density at radius 1 is 1.40 bits per heavy atom. The van der Waals surface area contributed by atoms with Crippen LogP contribution in [0.1, 0.15) is 6.92 Å². The van der Waals surface area contributed by atoms with Crippen LogP contribution in [0.2, 0.25) is 5.02 Å². The van der Waals surface area contributed by atoms with Gasteiger partial charge >= 0.3 is 0 Å². The minimum Gasteiger partial charge on any atom is -0.370 e. The molecule has 0 fully saturated rings. The second-order valence-corrected chi connectivity index (χ2v) is 5.23. The van der Waals surface area contributed by atoms with Crippen molar-refractivity contribution in [1.82, 2.24) is 9.97 Å². The molecule has 0 amide bonds. The standard InChI is InChI=1S/C12H11ClN4O2S/c1-2-14-10-5-9(17(18)19)6-12(16-10)20-11-4-3-8(13)7-15-11/h3-7H,2H2,1H3,(H,14,16). The SMILES string of the molecule is CCNc1cc([N+](=O)[O-])cc(Sc2ccc(Cl)cn2)n1. The molecule has 0 aromatic carbocycles. The Bertz CT molecular complexity index is 621. The Labute approximate surface area is 124 Å². The van der Waals surface area contributed by atoms with Crippen molar-refractivity contribution >= 4 is 34.9 Å². The van der Waals surface area contributed by atoms with Gasteiger partial charge in [0.1, 0.15) is 15.9 Å². The van der Waals surface area contributed by atoms with E-state index in [2.05, 4.69) is 15.3 Å². The molecule has 0 atom stereocenters. The van der Waals surface area contributed by atoms with Gasteiger partial charge in [-0.3, -0.25) is 10.1 Å². The number of hydrogen-bond donors (Lipinski definition) is 1. The molecule has 0 aliphatic heterocycles. The molecule has 1 N–H and O–H groups in total. The highest BCUT2D eigenvalue weighted by Crippen LogP contribution is 2.29. The lowest BCUT2D eigenvalue weighted by Gasteiger charge is -2.05. The third kappa shape index (κ3) is 3.82. The number of nitrogens with zero attached hydrogens (tertiary/aromatic N) is 3. The van der Waals surface area contributed by atoms with E-state index in [-0.39, 0.29) is 5.69 Å². The number of nitrogens with one attached hydrogen (secondary N) is 1. The predicted molar refractivity (Wildman–Crippen MR) is 78.4 cm³/mol. The Balaban J connectivity index is 2.29. The molecular weight excluding hydrogens is 300 g/mol. The van der Waals surface area contributed by atoms with Crippen LogP contribution in [-0.2, 0) is 0 Å². The number of anilines is 1. The highest BCUT2D eigenvalue weighted by atomic mass is 35.5. The van der Waals surface area contributed by atoms with E-state index in [1.807, 2.05) is 6.92 Å². The van der Waals surface area contributed by atoms with Gasteiger partial charge in [-0.05, 0) is 30.8 Å². The Morgan fingerprint density at radius 3 is 2.80 bits per heavy atom. The van der Waals surface area contributed by atoms with Crippen LogP contribution in [0.25, 0.3) is 0 Å². The lowest BCUT2D eigenvalue weighted by atomic mass is 10.4. The fourth-order valence-electron chi connectivity index (χ4n) is 1.45. The molecule has 6 nitrogen and oxygen atoms in total. The summed E-state index contributed by atoms with van der Waals surface area (Å²) in [6.07, 6.45) is 1.52. The van der Waals surface area contributed by atoms with Gasteiger partial charge in [-0.15, -0.1) is 0 Å². The van der Waals surface area contributed by atoms with Crippen LogP contribution in [0, 0.1) is 10.1 Å². The molecular formula is C12H11ClN4O2S. The second-order valence-electron chi connectivity index (χ2n) is 3.75. The molecule has 0 aliphatic rings. The molecule has 2 heterocycles. The van der Waals surface area contributed by atoms with Crippen LogP contribution in [0.4, 0.5) is 11.5 Å². The number of rotatable bonds is 5. The number of nitro groups is 1. The molecule has 20 heavy (non-hydrogen) atoms. The van der Waals surface area contributed by atoms with Gasteiger partial charge in [-0.1, -0.05) is 11.6 Å².